The van der Waals surface area contributed by atoms with Crippen molar-refractivity contribution in [2.24, 2.45) is 11.7 Å². The van der Waals surface area contributed by atoms with E-state index >= 15 is 0 Å². The molecule has 0 bridgehead atoms. The monoisotopic (exact) mass is 422 g/mol. The summed E-state index contributed by atoms with van der Waals surface area (Å²) < 4.78 is 2.13. The molecule has 3 aromatic rings. The summed E-state index contributed by atoms with van der Waals surface area (Å²) in [6.07, 6.45) is 2.56. The zero-order chi connectivity index (χ0) is 18.5. The van der Waals surface area contributed by atoms with Crippen LogP contribution in [0.2, 0.25) is 0 Å². The topological polar surface area (TPSA) is 72.9 Å². The molecular weight excluding hydrogens is 395 g/mol. The summed E-state index contributed by atoms with van der Waals surface area (Å²) in [5.74, 6) is 0.314. The van der Waals surface area contributed by atoms with Crippen LogP contribution >= 0.6 is 24.8 Å². The van der Waals surface area contributed by atoms with Gasteiger partial charge in [-0.25, -0.2) is 4.98 Å². The number of amides is 1. The van der Waals surface area contributed by atoms with E-state index in [1.165, 1.54) is 5.56 Å². The first-order valence-corrected chi connectivity index (χ1v) is 9.04. The highest BCUT2D eigenvalue weighted by Crippen LogP contribution is 2.15. The molecule has 2 aromatic carbocycles. The van der Waals surface area contributed by atoms with Crippen LogP contribution < -0.4 is 11.1 Å². The largest absolute Gasteiger partial charge is 0.351 e. The summed E-state index contributed by atoms with van der Waals surface area (Å²) in [7, 11) is 0. The van der Waals surface area contributed by atoms with Crippen molar-refractivity contribution in [2.75, 3.05) is 0 Å². The van der Waals surface area contributed by atoms with Crippen molar-refractivity contribution in [2.45, 2.75) is 39.4 Å². The van der Waals surface area contributed by atoms with Crippen molar-refractivity contribution in [1.29, 1.82) is 0 Å². The molecule has 1 amide bonds. The maximum absolute atomic E-state index is 12.1. The van der Waals surface area contributed by atoms with Crippen molar-refractivity contribution < 1.29 is 4.79 Å². The molecule has 28 heavy (non-hydrogen) atoms. The van der Waals surface area contributed by atoms with Crippen molar-refractivity contribution in [3.05, 3.63) is 66.0 Å². The molecule has 152 valence electrons. The summed E-state index contributed by atoms with van der Waals surface area (Å²) in [6, 6.07) is 15.9. The quantitative estimate of drug-likeness (QED) is 0.605. The highest BCUT2D eigenvalue weighted by atomic mass is 35.5. The first-order valence-electron chi connectivity index (χ1n) is 9.04. The Morgan fingerprint density at radius 1 is 1.11 bits per heavy atom. The number of nitrogens with one attached hydrogen (secondary N) is 1. The average Bonchev–Trinajstić information content (AvgIpc) is 3.02. The Kier molecular flexibility index (Phi) is 9.46. The van der Waals surface area contributed by atoms with Crippen molar-refractivity contribution in [1.82, 2.24) is 14.9 Å². The van der Waals surface area contributed by atoms with Gasteiger partial charge in [-0.3, -0.25) is 4.79 Å². The molecule has 1 heterocycles. The van der Waals surface area contributed by atoms with Crippen LogP contribution in [0.3, 0.4) is 0 Å². The van der Waals surface area contributed by atoms with E-state index in [4.69, 9.17) is 5.73 Å². The molecule has 7 heteroatoms. The smallest absolute Gasteiger partial charge is 0.237 e. The van der Waals surface area contributed by atoms with Gasteiger partial charge in [0.05, 0.1) is 23.4 Å². The fourth-order valence-electron chi connectivity index (χ4n) is 3.11. The lowest BCUT2D eigenvalue weighted by Crippen LogP contribution is -2.41. The molecule has 0 saturated heterocycles. The normalized spacial score (nSPS) is 11.6. The number of rotatable bonds is 7. The number of benzene rings is 2. The number of nitrogens with zero attached hydrogens (tertiary/aromatic N) is 2. The van der Waals surface area contributed by atoms with Gasteiger partial charge in [0.2, 0.25) is 5.91 Å². The number of carbonyl (C=O) groups excluding carboxylic acids is 1. The Morgan fingerprint density at radius 3 is 2.57 bits per heavy atom. The van der Waals surface area contributed by atoms with Gasteiger partial charge in [-0.15, -0.1) is 24.8 Å². The van der Waals surface area contributed by atoms with Gasteiger partial charge in [-0.1, -0.05) is 50.2 Å². The minimum absolute atomic E-state index is 0. The summed E-state index contributed by atoms with van der Waals surface area (Å²) in [6.45, 7) is 5.37. The third-order valence-electron chi connectivity index (χ3n) is 4.40. The van der Waals surface area contributed by atoms with E-state index in [0.29, 0.717) is 18.9 Å². The minimum atomic E-state index is -0.449. The maximum Gasteiger partial charge on any atom is 0.237 e. The van der Waals surface area contributed by atoms with Crippen molar-refractivity contribution >= 4 is 41.8 Å². The van der Waals surface area contributed by atoms with Gasteiger partial charge in [-0.2, -0.15) is 0 Å². The van der Waals surface area contributed by atoms with Gasteiger partial charge < -0.3 is 15.6 Å². The van der Waals surface area contributed by atoms with Crippen LogP contribution in [0.4, 0.5) is 0 Å². The lowest BCUT2D eigenvalue weighted by molar-refractivity contribution is -0.122. The molecule has 3 N–H and O–H groups in total. The van der Waals surface area contributed by atoms with E-state index < -0.39 is 6.04 Å². The van der Waals surface area contributed by atoms with Crippen LogP contribution in [0, 0.1) is 5.92 Å². The van der Waals surface area contributed by atoms with E-state index in [1.807, 2.05) is 36.7 Å². The van der Waals surface area contributed by atoms with Gasteiger partial charge in [0, 0.05) is 13.1 Å². The Labute approximate surface area is 178 Å². The lowest BCUT2D eigenvalue weighted by Gasteiger charge is -2.14. The molecule has 5 nitrogen and oxygen atoms in total. The van der Waals surface area contributed by atoms with Crippen LogP contribution in [0.5, 0.6) is 0 Å². The van der Waals surface area contributed by atoms with E-state index in [1.54, 1.807) is 0 Å². The van der Waals surface area contributed by atoms with Crippen molar-refractivity contribution in [3.8, 4) is 0 Å². The van der Waals surface area contributed by atoms with Gasteiger partial charge in [0.15, 0.2) is 0 Å². The summed E-state index contributed by atoms with van der Waals surface area (Å²) in [5, 5.41) is 2.94. The van der Waals surface area contributed by atoms with Crippen LogP contribution in [0.1, 0.15) is 31.4 Å². The number of aromatic nitrogens is 2. The molecular formula is C21H28Cl2N4O. The predicted octanol–water partition coefficient (Wildman–Crippen LogP) is 3.92. The Hall–Kier alpha value is -2.08. The highest BCUT2D eigenvalue weighted by Gasteiger charge is 2.14. The zero-order valence-corrected chi connectivity index (χ0v) is 17.8. The first-order chi connectivity index (χ1) is 12.5. The van der Waals surface area contributed by atoms with Gasteiger partial charge >= 0.3 is 0 Å². The Bertz CT molecular complexity index is 895. The van der Waals surface area contributed by atoms with E-state index in [9.17, 15) is 4.79 Å². The summed E-state index contributed by atoms with van der Waals surface area (Å²) in [4.78, 5) is 16.5. The zero-order valence-electron chi connectivity index (χ0n) is 16.2. The molecule has 3 rings (SSSR count). The predicted molar refractivity (Wildman–Crippen MR) is 119 cm³/mol. The van der Waals surface area contributed by atoms with Gasteiger partial charge in [0.25, 0.3) is 0 Å². The third kappa shape index (κ3) is 6.23. The maximum atomic E-state index is 12.1. The van der Waals surface area contributed by atoms with Crippen LogP contribution in [-0.2, 0) is 17.9 Å². The number of nitrogens with two attached hydrogens (primary N) is 1. The Balaban J connectivity index is 0.00000196. The molecule has 0 unspecified atom stereocenters. The second kappa shape index (κ2) is 11.1. The summed E-state index contributed by atoms with van der Waals surface area (Å²) >= 11 is 0. The molecule has 1 aromatic heterocycles. The molecule has 0 aliphatic rings. The fourth-order valence-corrected chi connectivity index (χ4v) is 3.11. The molecule has 0 fully saturated rings. The number of carbonyl (C=O) groups is 1. The van der Waals surface area contributed by atoms with E-state index in [0.717, 1.165) is 23.1 Å². The number of imidazole rings is 1. The van der Waals surface area contributed by atoms with E-state index in [2.05, 4.69) is 46.9 Å². The first kappa shape index (κ1) is 24.0. The van der Waals surface area contributed by atoms with Gasteiger partial charge in [0.1, 0.15) is 0 Å². The number of hydrogen-bond acceptors (Lipinski definition) is 3. The summed E-state index contributed by atoms with van der Waals surface area (Å²) in [5.41, 5.74) is 10.3. The van der Waals surface area contributed by atoms with Crippen LogP contribution in [0.25, 0.3) is 11.0 Å². The number of para-hydroxylation sites is 2. The van der Waals surface area contributed by atoms with Crippen LogP contribution in [-0.4, -0.2) is 21.5 Å². The van der Waals surface area contributed by atoms with Gasteiger partial charge in [-0.05, 0) is 35.6 Å². The SMILES string of the molecule is CC(C)C[C@H](N)C(=O)NCc1cccc(Cn2cnc3ccccc32)c1.Cl.Cl. The number of fused-ring (bicyclic) bond motifs is 1. The lowest BCUT2D eigenvalue weighted by atomic mass is 10.0. The van der Waals surface area contributed by atoms with Crippen LogP contribution in [0.15, 0.2) is 54.9 Å². The molecule has 0 aliphatic carbocycles. The van der Waals surface area contributed by atoms with E-state index in [-0.39, 0.29) is 30.7 Å². The average molecular weight is 423 g/mol. The third-order valence-corrected chi connectivity index (χ3v) is 4.40. The minimum Gasteiger partial charge on any atom is -0.351 e. The highest BCUT2D eigenvalue weighted by molar-refractivity contribution is 5.85. The number of halogens is 2. The molecule has 1 atom stereocenters. The standard InChI is InChI=1S/C21H26N4O.2ClH/c1-15(2)10-18(22)21(26)23-12-16-6-5-7-17(11-16)13-25-14-24-19-8-3-4-9-20(19)25;;/h3-9,11,14-15,18H,10,12-13,22H2,1-2H3,(H,23,26);2*1H/t18-;;/m0../s1. The number of hydrogen-bond donors (Lipinski definition) is 2. The second-order valence-electron chi connectivity index (χ2n) is 7.13. The van der Waals surface area contributed by atoms with Crippen molar-refractivity contribution in [3.63, 3.8) is 0 Å². The molecule has 0 aliphatic heterocycles. The molecule has 0 saturated carbocycles. The molecule has 0 radical (unpaired) electrons. The fraction of sp³-hybridized carbons (Fsp3) is 0.333. The molecule has 0 spiro atoms. The Morgan fingerprint density at radius 2 is 1.82 bits per heavy atom. The second-order valence-corrected chi connectivity index (χ2v) is 7.13.